The maximum Gasteiger partial charge on any atom is 0.243 e. The van der Waals surface area contributed by atoms with Crippen LogP contribution in [0.1, 0.15) is 38.8 Å². The maximum absolute atomic E-state index is 12.8. The van der Waals surface area contributed by atoms with Crippen molar-refractivity contribution >= 4 is 10.0 Å². The maximum atomic E-state index is 12.8. The van der Waals surface area contributed by atoms with Crippen molar-refractivity contribution in [2.45, 2.75) is 43.5 Å². The highest BCUT2D eigenvalue weighted by atomic mass is 32.2. The summed E-state index contributed by atoms with van der Waals surface area (Å²) in [7, 11) is -3.46. The molecule has 1 aromatic carbocycles. The summed E-state index contributed by atoms with van der Waals surface area (Å²) in [5.74, 6) is 0. The van der Waals surface area contributed by atoms with Crippen LogP contribution in [0.5, 0.6) is 0 Å². The Morgan fingerprint density at radius 2 is 1.70 bits per heavy atom. The second-order valence-electron chi connectivity index (χ2n) is 6.93. The van der Waals surface area contributed by atoms with Crippen molar-refractivity contribution in [2.75, 3.05) is 13.1 Å². The van der Waals surface area contributed by atoms with E-state index in [1.807, 2.05) is 12.1 Å². The summed E-state index contributed by atoms with van der Waals surface area (Å²) in [5, 5.41) is 8.22. The van der Waals surface area contributed by atoms with Crippen LogP contribution in [0, 0.1) is 0 Å². The third-order valence-electron chi connectivity index (χ3n) is 4.25. The van der Waals surface area contributed by atoms with Crippen LogP contribution in [0.25, 0.3) is 0 Å². The van der Waals surface area contributed by atoms with Crippen LogP contribution in [-0.4, -0.2) is 40.8 Å². The lowest BCUT2D eigenvalue weighted by Gasteiger charge is -2.20. The highest BCUT2D eigenvalue weighted by molar-refractivity contribution is 7.89. The number of hydrogen-bond acceptors (Lipinski definition) is 4. The van der Waals surface area contributed by atoms with Gasteiger partial charge >= 0.3 is 0 Å². The van der Waals surface area contributed by atoms with Crippen LogP contribution in [-0.2, 0) is 15.4 Å². The zero-order valence-electron chi connectivity index (χ0n) is 13.7. The summed E-state index contributed by atoms with van der Waals surface area (Å²) in [6, 6.07) is 7.21. The highest BCUT2D eigenvalue weighted by Gasteiger charge is 2.34. The van der Waals surface area contributed by atoms with E-state index in [2.05, 4.69) is 31.0 Å². The summed E-state index contributed by atoms with van der Waals surface area (Å²) in [6.45, 7) is 7.24. The van der Waals surface area contributed by atoms with Gasteiger partial charge in [0.25, 0.3) is 0 Å². The molecular weight excluding hydrogens is 312 g/mol. The molecule has 0 saturated carbocycles. The molecule has 0 amide bonds. The number of benzene rings is 1. The first kappa shape index (κ1) is 16.1. The van der Waals surface area contributed by atoms with Gasteiger partial charge in [0.2, 0.25) is 10.0 Å². The minimum Gasteiger partial charge on any atom is -0.207 e. The van der Waals surface area contributed by atoms with Crippen molar-refractivity contribution in [2.24, 2.45) is 0 Å². The Labute approximate surface area is 137 Å². The number of sulfonamides is 1. The Bertz CT molecular complexity index is 761. The van der Waals surface area contributed by atoms with Gasteiger partial charge in [-0.25, -0.2) is 8.42 Å². The van der Waals surface area contributed by atoms with Crippen molar-refractivity contribution in [1.82, 2.24) is 19.3 Å². The highest BCUT2D eigenvalue weighted by Crippen LogP contribution is 2.28. The summed E-state index contributed by atoms with van der Waals surface area (Å²) < 4.78 is 27.1. The van der Waals surface area contributed by atoms with Gasteiger partial charge in [-0.3, -0.25) is 0 Å². The molecule has 0 N–H and O–H groups in total. The van der Waals surface area contributed by atoms with Crippen LogP contribution >= 0.6 is 0 Å². The van der Waals surface area contributed by atoms with Crippen molar-refractivity contribution in [3.63, 3.8) is 0 Å². The molecule has 23 heavy (non-hydrogen) atoms. The third kappa shape index (κ3) is 3.16. The smallest absolute Gasteiger partial charge is 0.207 e. The topological polar surface area (TPSA) is 68.1 Å². The van der Waals surface area contributed by atoms with E-state index in [4.69, 9.17) is 0 Å². The summed E-state index contributed by atoms with van der Waals surface area (Å²) in [4.78, 5) is 1.94. The molecule has 2 aromatic rings. The molecule has 3 rings (SSSR count). The predicted octanol–water partition coefficient (Wildman–Crippen LogP) is 2.21. The molecule has 6 nitrogen and oxygen atoms in total. The fourth-order valence-electron chi connectivity index (χ4n) is 2.81. The molecule has 7 heteroatoms. The Morgan fingerprint density at radius 1 is 1.09 bits per heavy atom. The molecule has 0 aliphatic carbocycles. The van der Waals surface area contributed by atoms with Gasteiger partial charge in [-0.05, 0) is 29.5 Å². The Hall–Kier alpha value is -1.73. The van der Waals surface area contributed by atoms with Gasteiger partial charge in [-0.2, -0.15) is 19.3 Å². The lowest BCUT2D eigenvalue weighted by atomic mass is 9.87. The summed E-state index contributed by atoms with van der Waals surface area (Å²) in [6.07, 6.45) is 3.96. The van der Waals surface area contributed by atoms with Crippen LogP contribution in [0.3, 0.4) is 0 Å². The van der Waals surface area contributed by atoms with E-state index in [-0.39, 0.29) is 11.5 Å². The molecule has 1 aliphatic rings. The molecule has 1 unspecified atom stereocenters. The second-order valence-corrected chi connectivity index (χ2v) is 8.87. The minimum atomic E-state index is -3.46. The molecule has 0 bridgehead atoms. The molecule has 2 heterocycles. The molecule has 124 valence electrons. The van der Waals surface area contributed by atoms with E-state index in [9.17, 15) is 8.42 Å². The largest absolute Gasteiger partial charge is 0.243 e. The van der Waals surface area contributed by atoms with E-state index in [1.165, 1.54) is 4.31 Å². The van der Waals surface area contributed by atoms with Crippen LogP contribution in [0.15, 0.2) is 41.6 Å². The van der Waals surface area contributed by atoms with E-state index in [0.29, 0.717) is 18.0 Å². The average molecular weight is 334 g/mol. The first-order valence-corrected chi connectivity index (χ1v) is 9.19. The first-order valence-electron chi connectivity index (χ1n) is 7.75. The summed E-state index contributed by atoms with van der Waals surface area (Å²) in [5.41, 5.74) is 1.13. The van der Waals surface area contributed by atoms with Crippen molar-refractivity contribution in [3.05, 3.63) is 42.2 Å². The molecule has 1 aliphatic heterocycles. The average Bonchev–Trinajstić information content (AvgIpc) is 3.17. The standard InChI is InChI=1S/C16H22N4O2S/c1-16(2,3)13-4-6-15(7-5-13)23(21,22)19-11-8-14(12-19)20-17-9-10-18-20/h4-7,9-10,14H,8,11-12H2,1-3H3. The molecule has 1 fully saturated rings. The normalized spacial score (nSPS) is 20.0. The lowest BCUT2D eigenvalue weighted by molar-refractivity contribution is 0.402. The van der Waals surface area contributed by atoms with Crippen LogP contribution in [0.2, 0.25) is 0 Å². The number of nitrogens with zero attached hydrogens (tertiary/aromatic N) is 4. The molecule has 0 spiro atoms. The zero-order valence-corrected chi connectivity index (χ0v) is 14.5. The van der Waals surface area contributed by atoms with E-state index >= 15 is 0 Å². The van der Waals surface area contributed by atoms with Crippen molar-refractivity contribution in [3.8, 4) is 0 Å². The monoisotopic (exact) mass is 334 g/mol. The Morgan fingerprint density at radius 3 is 2.26 bits per heavy atom. The van der Waals surface area contributed by atoms with Crippen LogP contribution in [0.4, 0.5) is 0 Å². The molecule has 0 radical (unpaired) electrons. The van der Waals surface area contributed by atoms with Gasteiger partial charge in [0.1, 0.15) is 0 Å². The SMILES string of the molecule is CC(C)(C)c1ccc(S(=O)(=O)N2CCC(n3nccn3)C2)cc1. The number of hydrogen-bond donors (Lipinski definition) is 0. The molecule has 1 atom stereocenters. The number of aromatic nitrogens is 3. The fraction of sp³-hybridized carbons (Fsp3) is 0.500. The van der Waals surface area contributed by atoms with Gasteiger partial charge in [0.15, 0.2) is 0 Å². The minimum absolute atomic E-state index is 0.00674. The molecular formula is C16H22N4O2S. The summed E-state index contributed by atoms with van der Waals surface area (Å²) >= 11 is 0. The zero-order chi connectivity index (χ0) is 16.7. The van der Waals surface area contributed by atoms with E-state index in [0.717, 1.165) is 12.0 Å². The second kappa shape index (κ2) is 5.72. The first-order chi connectivity index (χ1) is 10.8. The van der Waals surface area contributed by atoms with Gasteiger partial charge in [0.05, 0.1) is 23.3 Å². The molecule has 1 saturated heterocycles. The Balaban J connectivity index is 1.79. The van der Waals surface area contributed by atoms with Gasteiger partial charge in [-0.1, -0.05) is 32.9 Å². The Kier molecular flexibility index (Phi) is 4.01. The van der Waals surface area contributed by atoms with Gasteiger partial charge in [-0.15, -0.1) is 0 Å². The van der Waals surface area contributed by atoms with E-state index in [1.54, 1.807) is 29.3 Å². The van der Waals surface area contributed by atoms with E-state index < -0.39 is 10.0 Å². The van der Waals surface area contributed by atoms with Crippen molar-refractivity contribution < 1.29 is 8.42 Å². The third-order valence-corrected chi connectivity index (χ3v) is 6.13. The van der Waals surface area contributed by atoms with Crippen LogP contribution < -0.4 is 0 Å². The van der Waals surface area contributed by atoms with Gasteiger partial charge < -0.3 is 0 Å². The quantitative estimate of drug-likeness (QED) is 0.863. The van der Waals surface area contributed by atoms with Gasteiger partial charge in [0, 0.05) is 13.1 Å². The number of rotatable bonds is 3. The fourth-order valence-corrected chi connectivity index (χ4v) is 4.30. The molecule has 1 aromatic heterocycles. The lowest BCUT2D eigenvalue weighted by Crippen LogP contribution is -2.29. The predicted molar refractivity (Wildman–Crippen MR) is 87.6 cm³/mol. The van der Waals surface area contributed by atoms with Crippen molar-refractivity contribution in [1.29, 1.82) is 0 Å².